The number of halogens is 2. The summed E-state index contributed by atoms with van der Waals surface area (Å²) in [6, 6.07) is 17.7. The largest absolute Gasteiger partial charge is 0.487 e. The van der Waals surface area contributed by atoms with Crippen LogP contribution in [0.25, 0.3) is 0 Å². The first-order valence-electron chi connectivity index (χ1n) is 8.15. The van der Waals surface area contributed by atoms with Crippen LogP contribution in [0.15, 0.2) is 66.7 Å². The van der Waals surface area contributed by atoms with E-state index in [0.29, 0.717) is 17.3 Å². The quantitative estimate of drug-likeness (QED) is 0.425. The average Bonchev–Trinajstić information content (AvgIpc) is 2.67. The standard InChI is InChI=1S/C20H16ClFN2O3/c21-19-11-15(12-23-17-6-4-16(22)5-7-17)3-10-20(19)27-13-14-1-8-18(9-2-14)24(25)26/h1-11,23H,12-13H2. The summed E-state index contributed by atoms with van der Waals surface area (Å²) in [5.74, 6) is 0.249. The SMILES string of the molecule is O=[N+]([O-])c1ccc(COc2ccc(CNc3ccc(F)cc3)cc2Cl)cc1. The summed E-state index contributed by atoms with van der Waals surface area (Å²) in [4.78, 5) is 10.2. The molecule has 0 saturated carbocycles. The minimum absolute atomic E-state index is 0.0368. The van der Waals surface area contributed by atoms with Crippen molar-refractivity contribution in [3.63, 3.8) is 0 Å². The van der Waals surface area contributed by atoms with Gasteiger partial charge in [0.25, 0.3) is 5.69 Å². The smallest absolute Gasteiger partial charge is 0.269 e. The highest BCUT2D eigenvalue weighted by molar-refractivity contribution is 6.32. The summed E-state index contributed by atoms with van der Waals surface area (Å²) in [5, 5.41) is 14.3. The maximum absolute atomic E-state index is 12.9. The number of benzene rings is 3. The first-order valence-corrected chi connectivity index (χ1v) is 8.53. The Balaban J connectivity index is 1.57. The number of hydrogen-bond donors (Lipinski definition) is 1. The van der Waals surface area contributed by atoms with Crippen LogP contribution in [0.2, 0.25) is 5.02 Å². The monoisotopic (exact) mass is 386 g/mol. The van der Waals surface area contributed by atoms with E-state index in [2.05, 4.69) is 5.32 Å². The third-order valence-corrected chi connectivity index (χ3v) is 4.17. The van der Waals surface area contributed by atoms with E-state index in [1.165, 1.54) is 24.3 Å². The van der Waals surface area contributed by atoms with Crippen molar-refractivity contribution < 1.29 is 14.1 Å². The number of anilines is 1. The lowest BCUT2D eigenvalue weighted by Crippen LogP contribution is -2.00. The molecule has 0 aliphatic heterocycles. The lowest BCUT2D eigenvalue weighted by Gasteiger charge is -2.11. The second kappa shape index (κ2) is 8.51. The Bertz CT molecular complexity index is 931. The van der Waals surface area contributed by atoms with Crippen LogP contribution in [0.1, 0.15) is 11.1 Å². The molecule has 0 fully saturated rings. The van der Waals surface area contributed by atoms with Crippen molar-refractivity contribution in [1.82, 2.24) is 0 Å². The third-order valence-electron chi connectivity index (χ3n) is 3.88. The average molecular weight is 387 g/mol. The predicted molar refractivity (Wildman–Crippen MR) is 103 cm³/mol. The van der Waals surface area contributed by atoms with Gasteiger partial charge in [0.1, 0.15) is 18.2 Å². The molecule has 0 aliphatic rings. The molecule has 0 radical (unpaired) electrons. The van der Waals surface area contributed by atoms with Gasteiger partial charge < -0.3 is 10.1 Å². The number of nitro benzene ring substituents is 1. The van der Waals surface area contributed by atoms with Crippen molar-refractivity contribution >= 4 is 23.0 Å². The van der Waals surface area contributed by atoms with Gasteiger partial charge in [-0.2, -0.15) is 0 Å². The summed E-state index contributed by atoms with van der Waals surface area (Å²) in [5.41, 5.74) is 2.60. The van der Waals surface area contributed by atoms with E-state index in [0.717, 1.165) is 16.8 Å². The molecule has 0 aromatic heterocycles. The Morgan fingerprint density at radius 1 is 1.00 bits per heavy atom. The highest BCUT2D eigenvalue weighted by Gasteiger charge is 2.07. The summed E-state index contributed by atoms with van der Waals surface area (Å²) < 4.78 is 18.6. The van der Waals surface area contributed by atoms with Crippen LogP contribution in [0, 0.1) is 15.9 Å². The van der Waals surface area contributed by atoms with Gasteiger partial charge in [-0.3, -0.25) is 10.1 Å². The lowest BCUT2D eigenvalue weighted by atomic mass is 10.2. The van der Waals surface area contributed by atoms with Gasteiger partial charge in [-0.15, -0.1) is 0 Å². The first kappa shape index (κ1) is 18.7. The molecule has 0 atom stereocenters. The zero-order valence-corrected chi connectivity index (χ0v) is 14.9. The molecule has 0 spiro atoms. The van der Waals surface area contributed by atoms with Gasteiger partial charge in [0.15, 0.2) is 0 Å². The van der Waals surface area contributed by atoms with Crippen molar-refractivity contribution in [1.29, 1.82) is 0 Å². The number of hydrogen-bond acceptors (Lipinski definition) is 4. The Labute approximate surface area is 160 Å². The number of nitrogens with zero attached hydrogens (tertiary/aromatic N) is 1. The Kier molecular flexibility index (Phi) is 5.88. The van der Waals surface area contributed by atoms with E-state index < -0.39 is 4.92 Å². The van der Waals surface area contributed by atoms with Gasteiger partial charge in [0.2, 0.25) is 0 Å². The first-order chi connectivity index (χ1) is 13.0. The molecule has 0 heterocycles. The molecule has 1 N–H and O–H groups in total. The Morgan fingerprint density at radius 2 is 1.67 bits per heavy atom. The lowest BCUT2D eigenvalue weighted by molar-refractivity contribution is -0.384. The molecule has 0 bridgehead atoms. The third kappa shape index (κ3) is 5.18. The molecule has 0 saturated heterocycles. The molecule has 3 rings (SSSR count). The molecule has 3 aromatic carbocycles. The molecule has 5 nitrogen and oxygen atoms in total. The van der Waals surface area contributed by atoms with Crippen LogP contribution in [0.4, 0.5) is 15.8 Å². The summed E-state index contributed by atoms with van der Waals surface area (Å²) >= 11 is 6.27. The van der Waals surface area contributed by atoms with E-state index in [1.807, 2.05) is 6.07 Å². The van der Waals surface area contributed by atoms with Crippen LogP contribution in [-0.4, -0.2) is 4.92 Å². The summed E-state index contributed by atoms with van der Waals surface area (Å²) in [6.07, 6.45) is 0. The molecule has 138 valence electrons. The van der Waals surface area contributed by atoms with Crippen LogP contribution < -0.4 is 10.1 Å². The molecular formula is C20H16ClFN2O3. The Hall–Kier alpha value is -3.12. The summed E-state index contributed by atoms with van der Waals surface area (Å²) in [6.45, 7) is 0.791. The second-order valence-corrected chi connectivity index (χ2v) is 6.24. The molecule has 3 aromatic rings. The van der Waals surface area contributed by atoms with E-state index in [1.54, 1.807) is 36.4 Å². The molecule has 0 amide bonds. The fourth-order valence-corrected chi connectivity index (χ4v) is 2.68. The van der Waals surface area contributed by atoms with Gasteiger partial charge in [0.05, 0.1) is 9.95 Å². The number of rotatable bonds is 7. The highest BCUT2D eigenvalue weighted by Crippen LogP contribution is 2.27. The molecule has 0 unspecified atom stereocenters. The Morgan fingerprint density at radius 3 is 2.30 bits per heavy atom. The second-order valence-electron chi connectivity index (χ2n) is 5.84. The fourth-order valence-electron chi connectivity index (χ4n) is 2.42. The van der Waals surface area contributed by atoms with Crippen molar-refractivity contribution in [2.75, 3.05) is 5.32 Å². The van der Waals surface area contributed by atoms with E-state index in [4.69, 9.17) is 16.3 Å². The fraction of sp³-hybridized carbons (Fsp3) is 0.100. The van der Waals surface area contributed by atoms with Crippen molar-refractivity contribution in [2.24, 2.45) is 0 Å². The van der Waals surface area contributed by atoms with Crippen molar-refractivity contribution in [2.45, 2.75) is 13.2 Å². The summed E-state index contributed by atoms with van der Waals surface area (Å²) in [7, 11) is 0. The number of nitrogens with one attached hydrogen (secondary N) is 1. The van der Waals surface area contributed by atoms with Crippen LogP contribution >= 0.6 is 11.6 Å². The topological polar surface area (TPSA) is 64.4 Å². The molecule has 7 heteroatoms. The maximum atomic E-state index is 12.9. The van der Waals surface area contributed by atoms with E-state index in [-0.39, 0.29) is 18.1 Å². The van der Waals surface area contributed by atoms with Crippen LogP contribution in [0.5, 0.6) is 5.75 Å². The maximum Gasteiger partial charge on any atom is 0.269 e. The molecule has 27 heavy (non-hydrogen) atoms. The molecule has 0 aliphatic carbocycles. The van der Waals surface area contributed by atoms with Crippen molar-refractivity contribution in [3.05, 3.63) is 98.8 Å². The zero-order valence-electron chi connectivity index (χ0n) is 14.2. The zero-order chi connectivity index (χ0) is 19.2. The normalized spacial score (nSPS) is 10.4. The van der Waals surface area contributed by atoms with E-state index >= 15 is 0 Å². The van der Waals surface area contributed by atoms with Gasteiger partial charge in [-0.25, -0.2) is 4.39 Å². The minimum atomic E-state index is -0.444. The van der Waals surface area contributed by atoms with Gasteiger partial charge >= 0.3 is 0 Å². The number of ether oxygens (including phenoxy) is 1. The molecular weight excluding hydrogens is 371 g/mol. The van der Waals surface area contributed by atoms with E-state index in [9.17, 15) is 14.5 Å². The minimum Gasteiger partial charge on any atom is -0.487 e. The van der Waals surface area contributed by atoms with Crippen molar-refractivity contribution in [3.8, 4) is 5.75 Å². The van der Waals surface area contributed by atoms with Crippen LogP contribution in [-0.2, 0) is 13.2 Å². The van der Waals surface area contributed by atoms with Gasteiger partial charge in [-0.05, 0) is 59.7 Å². The number of nitro groups is 1. The van der Waals surface area contributed by atoms with Gasteiger partial charge in [0, 0.05) is 24.4 Å². The number of non-ortho nitro benzene ring substituents is 1. The highest BCUT2D eigenvalue weighted by atomic mass is 35.5. The predicted octanol–water partition coefficient (Wildman–Crippen LogP) is 5.58. The van der Waals surface area contributed by atoms with Crippen LogP contribution in [0.3, 0.4) is 0 Å². The van der Waals surface area contributed by atoms with Gasteiger partial charge in [-0.1, -0.05) is 17.7 Å².